The molecule has 1 aliphatic heterocycles. The van der Waals surface area contributed by atoms with E-state index in [-0.39, 0.29) is 5.82 Å². The first kappa shape index (κ1) is 9.31. The number of benzene rings is 1. The van der Waals surface area contributed by atoms with Crippen LogP contribution < -0.4 is 10.2 Å². The Morgan fingerprint density at radius 2 is 2.36 bits per heavy atom. The van der Waals surface area contributed by atoms with E-state index >= 15 is 0 Å². The number of rotatable bonds is 1. The number of fused-ring (bicyclic) bond motifs is 1. The molecule has 0 aromatic heterocycles. The first-order valence-corrected chi connectivity index (χ1v) is 4.99. The lowest BCUT2D eigenvalue weighted by atomic mass is 10.1. The van der Waals surface area contributed by atoms with Crippen molar-refractivity contribution in [2.24, 2.45) is 0 Å². The zero-order chi connectivity index (χ0) is 10.1. The lowest BCUT2D eigenvalue weighted by molar-refractivity contribution is 0.595. The molecular formula is C11H15FN2. The largest absolute Gasteiger partial charge is 0.379 e. The molecule has 1 aromatic carbocycles. The van der Waals surface area contributed by atoms with E-state index in [1.165, 1.54) is 6.07 Å². The highest BCUT2D eigenvalue weighted by molar-refractivity contribution is 5.72. The Kier molecular flexibility index (Phi) is 2.32. The molecule has 3 heteroatoms. The lowest BCUT2D eigenvalue weighted by Crippen LogP contribution is -2.41. The standard InChI is InChI=1S/C11H15FN2/c1-3-8-7-13-11-9(12)5-4-6-10(11)14(8)2/h4-6,8,13H,3,7H2,1-2H3. The molecule has 1 unspecified atom stereocenters. The fraction of sp³-hybridized carbons (Fsp3) is 0.455. The fourth-order valence-corrected chi connectivity index (χ4v) is 1.95. The van der Waals surface area contributed by atoms with Crippen molar-refractivity contribution in [3.63, 3.8) is 0 Å². The van der Waals surface area contributed by atoms with Crippen molar-refractivity contribution in [2.75, 3.05) is 23.8 Å². The molecular weight excluding hydrogens is 179 g/mol. The molecule has 0 amide bonds. The minimum absolute atomic E-state index is 0.163. The summed E-state index contributed by atoms with van der Waals surface area (Å²) in [5.74, 6) is -0.163. The summed E-state index contributed by atoms with van der Waals surface area (Å²) in [5.41, 5.74) is 1.60. The van der Waals surface area contributed by atoms with Gasteiger partial charge in [0.05, 0.1) is 11.4 Å². The predicted octanol–water partition coefficient (Wildman–Crippen LogP) is 2.47. The Morgan fingerprint density at radius 3 is 3.07 bits per heavy atom. The van der Waals surface area contributed by atoms with Crippen LogP contribution >= 0.6 is 0 Å². The molecule has 0 saturated carbocycles. The molecule has 1 aromatic rings. The number of nitrogens with one attached hydrogen (secondary N) is 1. The van der Waals surface area contributed by atoms with Gasteiger partial charge in [-0.15, -0.1) is 0 Å². The molecule has 0 saturated heterocycles. The molecule has 2 nitrogen and oxygen atoms in total. The van der Waals surface area contributed by atoms with E-state index in [1.807, 2.05) is 13.1 Å². The minimum Gasteiger partial charge on any atom is -0.379 e. The maximum Gasteiger partial charge on any atom is 0.148 e. The molecule has 14 heavy (non-hydrogen) atoms. The number of hydrogen-bond acceptors (Lipinski definition) is 2. The van der Waals surface area contributed by atoms with Gasteiger partial charge in [0, 0.05) is 19.6 Å². The first-order chi connectivity index (χ1) is 6.74. The predicted molar refractivity (Wildman–Crippen MR) is 57.4 cm³/mol. The molecule has 1 atom stereocenters. The van der Waals surface area contributed by atoms with Crippen molar-refractivity contribution in [1.82, 2.24) is 0 Å². The fourth-order valence-electron chi connectivity index (χ4n) is 1.95. The van der Waals surface area contributed by atoms with Gasteiger partial charge < -0.3 is 10.2 Å². The van der Waals surface area contributed by atoms with E-state index in [2.05, 4.69) is 17.1 Å². The van der Waals surface area contributed by atoms with Crippen LogP contribution in [-0.2, 0) is 0 Å². The van der Waals surface area contributed by atoms with Crippen molar-refractivity contribution in [3.05, 3.63) is 24.0 Å². The van der Waals surface area contributed by atoms with Gasteiger partial charge in [-0.1, -0.05) is 13.0 Å². The number of halogens is 1. The van der Waals surface area contributed by atoms with E-state index < -0.39 is 0 Å². The van der Waals surface area contributed by atoms with Gasteiger partial charge in [0.25, 0.3) is 0 Å². The van der Waals surface area contributed by atoms with Crippen molar-refractivity contribution in [2.45, 2.75) is 19.4 Å². The minimum atomic E-state index is -0.163. The zero-order valence-corrected chi connectivity index (χ0v) is 8.55. The third-order valence-electron chi connectivity index (χ3n) is 2.91. The highest BCUT2D eigenvalue weighted by Gasteiger charge is 2.23. The molecule has 1 heterocycles. The molecule has 1 aliphatic rings. The summed E-state index contributed by atoms with van der Waals surface area (Å²) in [4.78, 5) is 2.15. The highest BCUT2D eigenvalue weighted by Crippen LogP contribution is 2.32. The summed E-state index contributed by atoms with van der Waals surface area (Å²) in [6.45, 7) is 2.97. The van der Waals surface area contributed by atoms with Crippen LogP contribution in [0.3, 0.4) is 0 Å². The van der Waals surface area contributed by atoms with Crippen LogP contribution in [0.4, 0.5) is 15.8 Å². The van der Waals surface area contributed by atoms with Crippen LogP contribution in [0.15, 0.2) is 18.2 Å². The van der Waals surface area contributed by atoms with E-state index in [9.17, 15) is 4.39 Å². The zero-order valence-electron chi connectivity index (χ0n) is 8.55. The second-order valence-electron chi connectivity index (χ2n) is 3.69. The Hall–Kier alpha value is -1.25. The van der Waals surface area contributed by atoms with Gasteiger partial charge in [-0.2, -0.15) is 0 Å². The average molecular weight is 194 g/mol. The van der Waals surface area contributed by atoms with Crippen LogP contribution in [0.5, 0.6) is 0 Å². The van der Waals surface area contributed by atoms with Crippen molar-refractivity contribution < 1.29 is 4.39 Å². The Morgan fingerprint density at radius 1 is 1.57 bits per heavy atom. The second kappa shape index (κ2) is 3.48. The molecule has 2 rings (SSSR count). The van der Waals surface area contributed by atoms with E-state index in [0.717, 1.165) is 18.7 Å². The highest BCUT2D eigenvalue weighted by atomic mass is 19.1. The number of hydrogen-bond donors (Lipinski definition) is 1. The van der Waals surface area contributed by atoms with Crippen LogP contribution in [0, 0.1) is 5.82 Å². The van der Waals surface area contributed by atoms with Crippen LogP contribution in [0.2, 0.25) is 0 Å². The summed E-state index contributed by atoms with van der Waals surface area (Å²) in [6, 6.07) is 5.66. The van der Waals surface area contributed by atoms with Crippen molar-refractivity contribution in [3.8, 4) is 0 Å². The quantitative estimate of drug-likeness (QED) is 0.738. The number of para-hydroxylation sites is 1. The maximum atomic E-state index is 13.4. The molecule has 0 spiro atoms. The average Bonchev–Trinajstić information content (AvgIpc) is 2.20. The topological polar surface area (TPSA) is 15.3 Å². The summed E-state index contributed by atoms with van der Waals surface area (Å²) < 4.78 is 13.4. The summed E-state index contributed by atoms with van der Waals surface area (Å²) in [5, 5.41) is 3.15. The lowest BCUT2D eigenvalue weighted by Gasteiger charge is -2.36. The molecule has 0 bridgehead atoms. The van der Waals surface area contributed by atoms with Gasteiger partial charge in [0.15, 0.2) is 0 Å². The van der Waals surface area contributed by atoms with Gasteiger partial charge in [0.1, 0.15) is 5.82 Å². The number of anilines is 2. The molecule has 0 radical (unpaired) electrons. The third kappa shape index (κ3) is 1.33. The SMILES string of the molecule is CCC1CNc2c(F)cccc2N1C. The second-order valence-corrected chi connectivity index (χ2v) is 3.69. The summed E-state index contributed by atoms with van der Waals surface area (Å²) >= 11 is 0. The Balaban J connectivity index is 2.41. The normalized spacial score (nSPS) is 20.2. The van der Waals surface area contributed by atoms with Crippen LogP contribution in [-0.4, -0.2) is 19.6 Å². The monoisotopic (exact) mass is 194 g/mol. The van der Waals surface area contributed by atoms with Crippen LogP contribution in [0.1, 0.15) is 13.3 Å². The molecule has 76 valence electrons. The van der Waals surface area contributed by atoms with Gasteiger partial charge in [-0.3, -0.25) is 0 Å². The third-order valence-corrected chi connectivity index (χ3v) is 2.91. The smallest absolute Gasteiger partial charge is 0.148 e. The van der Waals surface area contributed by atoms with Crippen LogP contribution in [0.25, 0.3) is 0 Å². The van der Waals surface area contributed by atoms with Gasteiger partial charge >= 0.3 is 0 Å². The van der Waals surface area contributed by atoms with E-state index in [1.54, 1.807) is 6.07 Å². The maximum absolute atomic E-state index is 13.4. The molecule has 0 fully saturated rings. The van der Waals surface area contributed by atoms with Crippen molar-refractivity contribution >= 4 is 11.4 Å². The molecule has 1 N–H and O–H groups in total. The Labute approximate surface area is 83.7 Å². The van der Waals surface area contributed by atoms with E-state index in [4.69, 9.17) is 0 Å². The van der Waals surface area contributed by atoms with Crippen molar-refractivity contribution in [1.29, 1.82) is 0 Å². The Bertz CT molecular complexity index is 338. The van der Waals surface area contributed by atoms with Gasteiger partial charge in [-0.25, -0.2) is 4.39 Å². The van der Waals surface area contributed by atoms with Gasteiger partial charge in [0.2, 0.25) is 0 Å². The van der Waals surface area contributed by atoms with E-state index in [0.29, 0.717) is 11.7 Å². The number of nitrogens with zero attached hydrogens (tertiary/aromatic N) is 1. The summed E-state index contributed by atoms with van der Waals surface area (Å²) in [7, 11) is 2.02. The molecule has 0 aliphatic carbocycles. The first-order valence-electron chi connectivity index (χ1n) is 4.99. The number of likely N-dealkylation sites (N-methyl/N-ethyl adjacent to an activating group) is 1. The summed E-state index contributed by atoms with van der Waals surface area (Å²) in [6.07, 6.45) is 1.07. The van der Waals surface area contributed by atoms with Gasteiger partial charge in [-0.05, 0) is 18.6 Å².